The Hall–Kier alpha value is -4.08. The van der Waals surface area contributed by atoms with E-state index in [0.29, 0.717) is 12.0 Å². The van der Waals surface area contributed by atoms with Crippen LogP contribution >= 0.6 is 0 Å². The molecule has 0 bridgehead atoms. The summed E-state index contributed by atoms with van der Waals surface area (Å²) in [5.74, 6) is -1.53. The Bertz CT molecular complexity index is 1150. The normalized spacial score (nSPS) is 12.5. The fraction of sp³-hybridized carbons (Fsp3) is 0.484. The van der Waals surface area contributed by atoms with Crippen molar-refractivity contribution in [2.45, 2.75) is 78.0 Å². The SMILES string of the molecule is CCCCN(C(=O)C(Cc1ccccc1)NC(=O)OC(C)(C)C)C(C(=O)NCCC(=O)OCC)c1cccc(O)c1. The number of hydrogen-bond donors (Lipinski definition) is 3. The van der Waals surface area contributed by atoms with Crippen LogP contribution in [0.1, 0.15) is 71.0 Å². The quantitative estimate of drug-likeness (QED) is 0.289. The number of nitrogens with zero attached hydrogens (tertiary/aromatic N) is 1. The number of benzene rings is 2. The second-order valence-corrected chi connectivity index (χ2v) is 10.6. The van der Waals surface area contributed by atoms with Gasteiger partial charge in [0.1, 0.15) is 23.4 Å². The molecule has 3 amide bonds. The predicted molar refractivity (Wildman–Crippen MR) is 155 cm³/mol. The Morgan fingerprint density at radius 3 is 2.32 bits per heavy atom. The van der Waals surface area contributed by atoms with Gasteiger partial charge in [-0.2, -0.15) is 0 Å². The van der Waals surface area contributed by atoms with Crippen molar-refractivity contribution in [3.63, 3.8) is 0 Å². The van der Waals surface area contributed by atoms with Crippen LogP contribution in [0.4, 0.5) is 4.79 Å². The topological polar surface area (TPSA) is 134 Å². The Labute approximate surface area is 242 Å². The van der Waals surface area contributed by atoms with Crippen molar-refractivity contribution >= 4 is 23.9 Å². The molecule has 0 saturated carbocycles. The fourth-order valence-corrected chi connectivity index (χ4v) is 4.18. The molecule has 2 aromatic carbocycles. The molecule has 0 aliphatic rings. The molecular formula is C31H43N3O7. The van der Waals surface area contributed by atoms with Gasteiger partial charge in [0.05, 0.1) is 13.0 Å². The molecule has 0 heterocycles. The number of phenolic OH excluding ortho intramolecular Hbond substituents is 1. The van der Waals surface area contributed by atoms with Crippen molar-refractivity contribution in [1.82, 2.24) is 15.5 Å². The first kappa shape index (κ1) is 33.1. The van der Waals surface area contributed by atoms with Crippen molar-refractivity contribution in [3.8, 4) is 5.75 Å². The van der Waals surface area contributed by atoms with E-state index in [0.717, 1.165) is 12.0 Å². The van der Waals surface area contributed by atoms with Crippen LogP contribution in [0.25, 0.3) is 0 Å². The van der Waals surface area contributed by atoms with Crippen molar-refractivity contribution in [3.05, 3.63) is 65.7 Å². The zero-order chi connectivity index (χ0) is 30.4. The van der Waals surface area contributed by atoms with E-state index in [4.69, 9.17) is 9.47 Å². The molecule has 0 fully saturated rings. The van der Waals surface area contributed by atoms with Gasteiger partial charge in [0.15, 0.2) is 0 Å². The lowest BCUT2D eigenvalue weighted by Gasteiger charge is -2.34. The highest BCUT2D eigenvalue weighted by atomic mass is 16.6. The smallest absolute Gasteiger partial charge is 0.408 e. The number of carbonyl (C=O) groups excluding carboxylic acids is 4. The summed E-state index contributed by atoms with van der Waals surface area (Å²) in [6.45, 7) is 9.29. The molecule has 0 radical (unpaired) electrons. The fourth-order valence-electron chi connectivity index (χ4n) is 4.18. The van der Waals surface area contributed by atoms with Crippen molar-refractivity contribution in [2.75, 3.05) is 19.7 Å². The molecule has 2 atom stereocenters. The first-order valence-corrected chi connectivity index (χ1v) is 14.0. The highest BCUT2D eigenvalue weighted by Gasteiger charge is 2.36. The maximum atomic E-state index is 14.3. The van der Waals surface area contributed by atoms with Crippen LogP contribution in [-0.2, 0) is 30.3 Å². The molecule has 2 unspecified atom stereocenters. The third-order valence-electron chi connectivity index (χ3n) is 5.99. The summed E-state index contributed by atoms with van der Waals surface area (Å²) in [6, 6.07) is 13.2. The van der Waals surface area contributed by atoms with Crippen LogP contribution < -0.4 is 10.6 Å². The first-order chi connectivity index (χ1) is 19.4. The van der Waals surface area contributed by atoms with Crippen molar-refractivity contribution in [1.29, 1.82) is 0 Å². The Morgan fingerprint density at radius 1 is 1.00 bits per heavy atom. The van der Waals surface area contributed by atoms with Gasteiger partial charge in [-0.05, 0) is 57.4 Å². The van der Waals surface area contributed by atoms with Crippen LogP contribution in [0.2, 0.25) is 0 Å². The van der Waals surface area contributed by atoms with Crippen LogP contribution in [-0.4, -0.2) is 65.2 Å². The molecule has 0 saturated heterocycles. The number of phenols is 1. The molecule has 10 heteroatoms. The predicted octanol–water partition coefficient (Wildman–Crippen LogP) is 4.27. The lowest BCUT2D eigenvalue weighted by atomic mass is 9.99. The molecule has 0 aliphatic carbocycles. The summed E-state index contributed by atoms with van der Waals surface area (Å²) < 4.78 is 10.4. The molecule has 10 nitrogen and oxygen atoms in total. The number of ether oxygens (including phenoxy) is 2. The van der Waals surface area contributed by atoms with Gasteiger partial charge in [-0.1, -0.05) is 55.8 Å². The van der Waals surface area contributed by atoms with Crippen LogP contribution in [0.3, 0.4) is 0 Å². The second kappa shape index (κ2) is 16.2. The number of rotatable bonds is 14. The molecule has 0 spiro atoms. The summed E-state index contributed by atoms with van der Waals surface area (Å²) in [5.41, 5.74) is 0.416. The number of alkyl carbamates (subject to hydrolysis) is 1. The Morgan fingerprint density at radius 2 is 1.71 bits per heavy atom. The van der Waals surface area contributed by atoms with E-state index in [2.05, 4.69) is 10.6 Å². The Kier molecular flexibility index (Phi) is 13.1. The molecule has 0 aliphatic heterocycles. The number of unbranched alkanes of at least 4 members (excludes halogenated alkanes) is 1. The van der Waals surface area contributed by atoms with E-state index >= 15 is 0 Å². The van der Waals surface area contributed by atoms with Crippen LogP contribution in [0.15, 0.2) is 54.6 Å². The van der Waals surface area contributed by atoms with Crippen LogP contribution in [0, 0.1) is 0 Å². The highest BCUT2D eigenvalue weighted by Crippen LogP contribution is 2.26. The van der Waals surface area contributed by atoms with Gasteiger partial charge in [0, 0.05) is 19.5 Å². The van der Waals surface area contributed by atoms with Gasteiger partial charge in [-0.3, -0.25) is 14.4 Å². The minimum absolute atomic E-state index is 0.00634. The first-order valence-electron chi connectivity index (χ1n) is 14.0. The van der Waals surface area contributed by atoms with Gasteiger partial charge in [-0.15, -0.1) is 0 Å². The largest absolute Gasteiger partial charge is 0.508 e. The molecular weight excluding hydrogens is 526 g/mol. The lowest BCUT2D eigenvalue weighted by Crippen LogP contribution is -2.54. The average Bonchev–Trinajstić information content (AvgIpc) is 2.90. The van der Waals surface area contributed by atoms with Gasteiger partial charge < -0.3 is 30.1 Å². The van der Waals surface area contributed by atoms with E-state index in [1.54, 1.807) is 39.8 Å². The van der Waals surface area contributed by atoms with E-state index in [9.17, 15) is 24.3 Å². The van der Waals surface area contributed by atoms with Gasteiger partial charge >= 0.3 is 12.1 Å². The number of hydrogen-bond acceptors (Lipinski definition) is 7. The van der Waals surface area contributed by atoms with E-state index in [-0.39, 0.29) is 38.3 Å². The molecule has 2 rings (SSSR count). The molecule has 3 N–H and O–H groups in total. The van der Waals surface area contributed by atoms with Gasteiger partial charge in [-0.25, -0.2) is 4.79 Å². The van der Waals surface area contributed by atoms with Crippen LogP contribution in [0.5, 0.6) is 5.75 Å². The zero-order valence-corrected chi connectivity index (χ0v) is 24.6. The lowest BCUT2D eigenvalue weighted by molar-refractivity contribution is -0.144. The maximum Gasteiger partial charge on any atom is 0.408 e. The van der Waals surface area contributed by atoms with Gasteiger partial charge in [0.2, 0.25) is 11.8 Å². The standard InChI is InChI=1S/C31H43N3O7/c1-6-8-19-34(27(23-15-12-16-24(35)21-23)28(37)32-18-17-26(36)40-7-2)29(38)25(20-22-13-10-9-11-14-22)33-30(39)41-31(3,4)5/h9-16,21,25,27,35H,6-8,17-20H2,1-5H3,(H,32,37)(H,33,39). The molecule has 0 aromatic heterocycles. The summed E-state index contributed by atoms with van der Waals surface area (Å²) in [5, 5.41) is 15.7. The number of amides is 3. The third kappa shape index (κ3) is 11.5. The van der Waals surface area contributed by atoms with Gasteiger partial charge in [0.25, 0.3) is 0 Å². The van der Waals surface area contributed by atoms with E-state index < -0.39 is 41.6 Å². The Balaban J connectivity index is 2.47. The number of aromatic hydroxyl groups is 1. The number of esters is 1. The molecule has 2 aromatic rings. The maximum absolute atomic E-state index is 14.3. The minimum atomic E-state index is -1.14. The van der Waals surface area contributed by atoms with E-state index in [1.807, 2.05) is 37.3 Å². The number of nitrogens with one attached hydrogen (secondary N) is 2. The van der Waals surface area contributed by atoms with Crippen molar-refractivity contribution in [2.24, 2.45) is 0 Å². The number of carbonyl (C=O) groups is 4. The molecule has 41 heavy (non-hydrogen) atoms. The van der Waals surface area contributed by atoms with E-state index in [1.165, 1.54) is 17.0 Å². The molecule has 224 valence electrons. The zero-order valence-electron chi connectivity index (χ0n) is 24.6. The monoisotopic (exact) mass is 569 g/mol. The van der Waals surface area contributed by atoms with Crippen molar-refractivity contribution < 1.29 is 33.8 Å². The second-order valence-electron chi connectivity index (χ2n) is 10.6. The third-order valence-corrected chi connectivity index (χ3v) is 5.99. The average molecular weight is 570 g/mol. The highest BCUT2D eigenvalue weighted by molar-refractivity contribution is 5.92. The summed E-state index contributed by atoms with van der Waals surface area (Å²) in [4.78, 5) is 54.0. The summed E-state index contributed by atoms with van der Waals surface area (Å²) in [7, 11) is 0. The summed E-state index contributed by atoms with van der Waals surface area (Å²) in [6.07, 6.45) is 0.700. The minimum Gasteiger partial charge on any atom is -0.508 e. The summed E-state index contributed by atoms with van der Waals surface area (Å²) >= 11 is 0.